The van der Waals surface area contributed by atoms with Gasteiger partial charge in [0.05, 0.1) is 22.2 Å². The Balaban J connectivity index is 1.29. The van der Waals surface area contributed by atoms with Crippen LogP contribution in [0.4, 0.5) is 0 Å². The number of hydrogen-bond acceptors (Lipinski definition) is 6. The number of fused-ring (bicyclic) bond motifs is 2. The van der Waals surface area contributed by atoms with Crippen molar-refractivity contribution in [2.24, 2.45) is 5.10 Å². The van der Waals surface area contributed by atoms with Gasteiger partial charge in [0, 0.05) is 22.6 Å². The van der Waals surface area contributed by atoms with E-state index in [1.807, 2.05) is 72.8 Å². The molecule has 0 saturated carbocycles. The van der Waals surface area contributed by atoms with Crippen LogP contribution in [-0.4, -0.2) is 22.9 Å². The lowest BCUT2D eigenvalue weighted by Crippen LogP contribution is -2.22. The number of rotatable bonds is 7. The molecule has 0 aliphatic carbocycles. The summed E-state index contributed by atoms with van der Waals surface area (Å²) in [6.45, 7) is 2.08. The van der Waals surface area contributed by atoms with Gasteiger partial charge in [-0.05, 0) is 30.7 Å². The Hall–Kier alpha value is -4.20. The fourth-order valence-corrected chi connectivity index (χ4v) is 6.45. The number of carbonyl (C=O) groups excluding carboxylic acids is 1. The van der Waals surface area contributed by atoms with Gasteiger partial charge in [0.15, 0.2) is 4.34 Å². The minimum Gasteiger partial charge on any atom is -0.456 e. The SMILES string of the molecule is Cc1ccc([C@@H]2C(/C=N\NC(=O)CSc3nc4ccccc4s3)=C(c3ccccc3)Oc3ccccc32)cc1. The molecule has 0 bridgehead atoms. The second-order valence-electron chi connectivity index (χ2n) is 9.16. The normalized spacial score (nSPS) is 14.8. The fraction of sp³-hybridized carbons (Fsp3) is 0.0938. The van der Waals surface area contributed by atoms with Gasteiger partial charge in [0.1, 0.15) is 11.5 Å². The number of aryl methyl sites for hydroxylation is 1. The molecule has 5 nitrogen and oxygen atoms in total. The van der Waals surface area contributed by atoms with E-state index < -0.39 is 0 Å². The summed E-state index contributed by atoms with van der Waals surface area (Å²) in [6.07, 6.45) is 1.73. The van der Waals surface area contributed by atoms with E-state index in [-0.39, 0.29) is 17.6 Å². The van der Waals surface area contributed by atoms with E-state index in [0.717, 1.165) is 48.3 Å². The summed E-state index contributed by atoms with van der Waals surface area (Å²) in [5.41, 5.74) is 8.86. The van der Waals surface area contributed by atoms with E-state index in [9.17, 15) is 4.79 Å². The Morgan fingerprint density at radius 1 is 0.974 bits per heavy atom. The van der Waals surface area contributed by atoms with Crippen LogP contribution in [0.2, 0.25) is 0 Å². The maximum Gasteiger partial charge on any atom is 0.250 e. The minimum absolute atomic E-state index is 0.108. The Kier molecular flexibility index (Phi) is 7.25. The number of nitrogens with zero attached hydrogens (tertiary/aromatic N) is 2. The summed E-state index contributed by atoms with van der Waals surface area (Å²) in [6, 6.07) is 34.6. The van der Waals surface area contributed by atoms with Crippen molar-refractivity contribution >= 4 is 51.2 Å². The summed E-state index contributed by atoms with van der Waals surface area (Å²) in [7, 11) is 0. The lowest BCUT2D eigenvalue weighted by molar-refractivity contribution is -0.118. The van der Waals surface area contributed by atoms with E-state index in [1.165, 1.54) is 17.3 Å². The highest BCUT2D eigenvalue weighted by molar-refractivity contribution is 8.01. The zero-order chi connectivity index (χ0) is 26.6. The standard InChI is InChI=1S/C32H25N3O2S2/c1-21-15-17-22(18-16-21)30-24-11-5-7-13-27(24)37-31(23-9-3-2-4-10-23)25(30)19-33-35-29(36)20-38-32-34-26-12-6-8-14-28(26)39-32/h2-19,30H,20H2,1H3,(H,35,36)/b33-19-/t30-/m0/s1. The Morgan fingerprint density at radius 3 is 2.54 bits per heavy atom. The number of carbonyl (C=O) groups is 1. The Labute approximate surface area is 235 Å². The molecule has 0 saturated heterocycles. The molecule has 0 spiro atoms. The quantitative estimate of drug-likeness (QED) is 0.131. The number of thioether (sulfide) groups is 1. The molecule has 39 heavy (non-hydrogen) atoms. The van der Waals surface area contributed by atoms with Crippen LogP contribution in [0.15, 0.2) is 118 Å². The molecule has 6 rings (SSSR count). The molecule has 1 aromatic heterocycles. The lowest BCUT2D eigenvalue weighted by atomic mass is 9.81. The average Bonchev–Trinajstić information content (AvgIpc) is 3.40. The first kappa shape index (κ1) is 25.1. The van der Waals surface area contributed by atoms with Gasteiger partial charge in [-0.1, -0.05) is 102 Å². The molecular weight excluding hydrogens is 523 g/mol. The smallest absolute Gasteiger partial charge is 0.250 e. The second-order valence-corrected chi connectivity index (χ2v) is 11.4. The van der Waals surface area contributed by atoms with Crippen LogP contribution in [0.1, 0.15) is 28.2 Å². The highest BCUT2D eigenvalue weighted by atomic mass is 32.2. The molecule has 1 aliphatic heterocycles. The summed E-state index contributed by atoms with van der Waals surface area (Å²) in [5.74, 6) is 1.46. The topological polar surface area (TPSA) is 63.6 Å². The number of thiazole rings is 1. The van der Waals surface area contributed by atoms with Gasteiger partial charge >= 0.3 is 0 Å². The maximum atomic E-state index is 12.7. The molecule has 192 valence electrons. The molecular formula is C32H25N3O2S2. The van der Waals surface area contributed by atoms with Crippen LogP contribution in [0.3, 0.4) is 0 Å². The second kappa shape index (κ2) is 11.3. The molecule has 0 radical (unpaired) electrons. The summed E-state index contributed by atoms with van der Waals surface area (Å²) >= 11 is 3.00. The number of ether oxygens (including phenoxy) is 1. The van der Waals surface area contributed by atoms with Crippen LogP contribution >= 0.6 is 23.1 Å². The van der Waals surface area contributed by atoms with Crippen molar-refractivity contribution in [3.8, 4) is 5.75 Å². The van der Waals surface area contributed by atoms with Crippen LogP contribution in [0.5, 0.6) is 5.75 Å². The summed E-state index contributed by atoms with van der Waals surface area (Å²) in [5, 5.41) is 4.40. The van der Waals surface area contributed by atoms with E-state index in [1.54, 1.807) is 17.6 Å². The summed E-state index contributed by atoms with van der Waals surface area (Å²) in [4.78, 5) is 17.3. The van der Waals surface area contributed by atoms with Crippen LogP contribution < -0.4 is 10.2 Å². The molecule has 0 unspecified atom stereocenters. The van der Waals surface area contributed by atoms with Crippen LogP contribution in [0.25, 0.3) is 16.0 Å². The average molecular weight is 548 g/mol. The van der Waals surface area contributed by atoms with Gasteiger partial charge in [-0.3, -0.25) is 4.79 Å². The largest absolute Gasteiger partial charge is 0.456 e. The minimum atomic E-state index is -0.193. The highest BCUT2D eigenvalue weighted by Gasteiger charge is 2.30. The number of aromatic nitrogens is 1. The number of amides is 1. The molecule has 1 aliphatic rings. The van der Waals surface area contributed by atoms with Gasteiger partial charge in [-0.2, -0.15) is 5.10 Å². The van der Waals surface area contributed by atoms with Crippen LogP contribution in [-0.2, 0) is 4.79 Å². The third-order valence-corrected chi connectivity index (χ3v) is 8.64. The molecule has 5 aromatic rings. The molecule has 1 atom stereocenters. The van der Waals surface area contributed by atoms with Crippen LogP contribution in [0, 0.1) is 6.92 Å². The predicted octanol–water partition coefficient (Wildman–Crippen LogP) is 7.43. The van der Waals surface area contributed by atoms with Gasteiger partial charge in [-0.15, -0.1) is 11.3 Å². The predicted molar refractivity (Wildman–Crippen MR) is 160 cm³/mol. The lowest BCUT2D eigenvalue weighted by Gasteiger charge is -2.30. The molecule has 1 amide bonds. The number of hydrazone groups is 1. The molecule has 7 heteroatoms. The molecule has 2 heterocycles. The van der Waals surface area contributed by atoms with Crippen molar-refractivity contribution in [3.05, 3.63) is 131 Å². The van der Waals surface area contributed by atoms with Gasteiger partial charge < -0.3 is 4.74 Å². The van der Waals surface area contributed by atoms with Crippen molar-refractivity contribution in [1.82, 2.24) is 10.4 Å². The molecule has 1 N–H and O–H groups in total. The first-order valence-corrected chi connectivity index (χ1v) is 14.4. The maximum absolute atomic E-state index is 12.7. The zero-order valence-electron chi connectivity index (χ0n) is 21.2. The zero-order valence-corrected chi connectivity index (χ0v) is 22.8. The van der Waals surface area contributed by atoms with Crippen molar-refractivity contribution in [2.45, 2.75) is 17.2 Å². The summed E-state index contributed by atoms with van der Waals surface area (Å²) < 4.78 is 8.43. The van der Waals surface area contributed by atoms with Gasteiger partial charge in [-0.25, -0.2) is 10.4 Å². The third-order valence-electron chi connectivity index (χ3n) is 6.46. The number of benzene rings is 4. The number of nitrogens with one attached hydrogen (secondary N) is 1. The van der Waals surface area contributed by atoms with Crippen molar-refractivity contribution in [1.29, 1.82) is 0 Å². The number of para-hydroxylation sites is 2. The van der Waals surface area contributed by atoms with E-state index in [4.69, 9.17) is 4.74 Å². The Bertz CT molecular complexity index is 1660. The van der Waals surface area contributed by atoms with Gasteiger partial charge in [0.25, 0.3) is 5.91 Å². The highest BCUT2D eigenvalue weighted by Crippen LogP contribution is 2.45. The number of hydrogen-bond donors (Lipinski definition) is 1. The van der Waals surface area contributed by atoms with E-state index in [0.29, 0.717) is 0 Å². The third kappa shape index (κ3) is 5.50. The fourth-order valence-electron chi connectivity index (χ4n) is 4.59. The number of allylic oxidation sites excluding steroid dienone is 1. The molecule has 0 fully saturated rings. The molecule has 4 aromatic carbocycles. The van der Waals surface area contributed by atoms with Gasteiger partial charge in [0.2, 0.25) is 0 Å². The van der Waals surface area contributed by atoms with Crippen molar-refractivity contribution < 1.29 is 9.53 Å². The van der Waals surface area contributed by atoms with Crippen molar-refractivity contribution in [3.63, 3.8) is 0 Å². The van der Waals surface area contributed by atoms with E-state index >= 15 is 0 Å². The Morgan fingerprint density at radius 2 is 1.72 bits per heavy atom. The van der Waals surface area contributed by atoms with Crippen molar-refractivity contribution in [2.75, 3.05) is 5.75 Å². The first-order chi connectivity index (χ1) is 19.2. The van der Waals surface area contributed by atoms with E-state index in [2.05, 4.69) is 52.8 Å². The monoisotopic (exact) mass is 547 g/mol. The first-order valence-electron chi connectivity index (χ1n) is 12.6.